The Morgan fingerprint density at radius 1 is 1.24 bits per heavy atom. The van der Waals surface area contributed by atoms with Crippen LogP contribution in [0.4, 0.5) is 11.6 Å². The van der Waals surface area contributed by atoms with Crippen LogP contribution in [0.15, 0.2) is 40.8 Å². The number of anilines is 2. The highest BCUT2D eigenvalue weighted by Gasteiger charge is 2.36. The summed E-state index contributed by atoms with van der Waals surface area (Å²) in [7, 11) is -2.31. The van der Waals surface area contributed by atoms with Crippen LogP contribution in [0.5, 0.6) is 0 Å². The average molecular weight is 617 g/mol. The van der Waals surface area contributed by atoms with Gasteiger partial charge in [0.15, 0.2) is 5.82 Å². The van der Waals surface area contributed by atoms with E-state index in [0.717, 1.165) is 36.4 Å². The van der Waals surface area contributed by atoms with Gasteiger partial charge in [0.25, 0.3) is 0 Å². The van der Waals surface area contributed by atoms with Crippen LogP contribution in [-0.4, -0.2) is 67.6 Å². The van der Waals surface area contributed by atoms with Crippen molar-refractivity contribution in [2.45, 2.75) is 51.0 Å². The Labute approximate surface area is 251 Å². The predicted molar refractivity (Wildman–Crippen MR) is 161 cm³/mol. The van der Waals surface area contributed by atoms with Gasteiger partial charge in [0.2, 0.25) is 21.8 Å². The molecule has 226 valence electrons. The number of benzene rings is 1. The number of sulfonamides is 1. The van der Waals surface area contributed by atoms with Crippen LogP contribution >= 0.6 is 11.6 Å². The fraction of sp³-hybridized carbons (Fsp3) is 0.517. The number of pyridine rings is 1. The van der Waals surface area contributed by atoms with Crippen molar-refractivity contribution >= 4 is 39.2 Å². The van der Waals surface area contributed by atoms with E-state index in [1.54, 1.807) is 6.07 Å². The normalized spacial score (nSPS) is 22.1. The smallest absolute Gasteiger partial charge is 0.303 e. The van der Waals surface area contributed by atoms with Gasteiger partial charge in [-0.25, -0.2) is 13.4 Å². The van der Waals surface area contributed by atoms with Gasteiger partial charge >= 0.3 is 5.97 Å². The Bertz CT molecular complexity index is 1520. The highest BCUT2D eigenvalue weighted by atomic mass is 35.5. The van der Waals surface area contributed by atoms with Crippen LogP contribution in [0.25, 0.3) is 11.5 Å². The number of nitrogens with one attached hydrogen (secondary N) is 1. The number of rotatable bonds is 12. The minimum atomic E-state index is -3.70. The van der Waals surface area contributed by atoms with Crippen LogP contribution in [0.3, 0.4) is 0 Å². The first-order valence-corrected chi connectivity index (χ1v) is 16.5. The summed E-state index contributed by atoms with van der Waals surface area (Å²) in [6, 6.07) is 11.8. The summed E-state index contributed by atoms with van der Waals surface area (Å²) in [6.07, 6.45) is 4.56. The topological polar surface area (TPSA) is 142 Å². The third-order valence-electron chi connectivity index (χ3n) is 8.22. The van der Waals surface area contributed by atoms with E-state index < -0.39 is 16.0 Å². The highest BCUT2D eigenvalue weighted by Crippen LogP contribution is 2.42. The number of halogens is 1. The van der Waals surface area contributed by atoms with Crippen LogP contribution in [0.2, 0.25) is 5.02 Å². The molecule has 0 amide bonds. The number of hydrogen-bond acceptors (Lipinski definition) is 9. The standard InChI is InChI=1S/C29H37ClN6O5S/c1-18-15-20(18)17-36(14-8-12-24(37)38)23-16-22(25(30)27(32-23)35(2)42(3,39)40)28-33-34-29(41-28)26-21(11-7-13-31-26)19-9-5-4-6-10-19/h4-6,9-10,16,18,20-21,26,31H,7-8,11-15,17H2,1-3H3,(H,37,38)/t18-,20+,21+,26+/m0/s1. The molecule has 1 saturated carbocycles. The monoisotopic (exact) mass is 616 g/mol. The lowest BCUT2D eigenvalue weighted by atomic mass is 9.85. The van der Waals surface area contributed by atoms with E-state index in [-0.39, 0.29) is 35.1 Å². The first-order valence-electron chi connectivity index (χ1n) is 14.3. The molecule has 0 radical (unpaired) electrons. The molecule has 3 aromatic rings. The Balaban J connectivity index is 1.54. The third-order valence-corrected chi connectivity index (χ3v) is 9.76. The van der Waals surface area contributed by atoms with Gasteiger partial charge in [-0.05, 0) is 55.7 Å². The fourth-order valence-corrected chi connectivity index (χ4v) is 6.32. The van der Waals surface area contributed by atoms with Gasteiger partial charge in [0.1, 0.15) is 5.82 Å². The fourth-order valence-electron chi connectivity index (χ4n) is 5.52. The van der Waals surface area contributed by atoms with Crippen molar-refractivity contribution in [3.8, 4) is 11.5 Å². The Hall–Kier alpha value is -3.22. The second-order valence-corrected chi connectivity index (χ2v) is 13.7. The van der Waals surface area contributed by atoms with Gasteiger partial charge in [-0.1, -0.05) is 48.9 Å². The van der Waals surface area contributed by atoms with Gasteiger partial charge in [0, 0.05) is 32.5 Å². The molecule has 11 nitrogen and oxygen atoms in total. The van der Waals surface area contributed by atoms with Crippen LogP contribution in [-0.2, 0) is 14.8 Å². The summed E-state index contributed by atoms with van der Waals surface area (Å²) in [5, 5.41) is 21.6. The Kier molecular flexibility index (Phi) is 9.05. The van der Waals surface area contributed by atoms with Crippen molar-refractivity contribution < 1.29 is 22.7 Å². The average Bonchev–Trinajstić information content (AvgIpc) is 3.44. The molecule has 5 rings (SSSR count). The lowest BCUT2D eigenvalue weighted by Gasteiger charge is -2.30. The first kappa shape index (κ1) is 30.2. The van der Waals surface area contributed by atoms with E-state index in [1.165, 1.54) is 12.6 Å². The molecule has 1 aliphatic heterocycles. The van der Waals surface area contributed by atoms with Gasteiger partial charge in [-0.2, -0.15) is 0 Å². The zero-order chi connectivity index (χ0) is 30.0. The Morgan fingerprint density at radius 2 is 1.98 bits per heavy atom. The largest absolute Gasteiger partial charge is 0.481 e. The van der Waals surface area contributed by atoms with Crippen molar-refractivity contribution in [2.75, 3.05) is 42.1 Å². The van der Waals surface area contributed by atoms with Gasteiger partial charge in [-0.3, -0.25) is 9.10 Å². The van der Waals surface area contributed by atoms with Crippen LogP contribution in [0, 0.1) is 11.8 Å². The molecule has 0 spiro atoms. The molecule has 2 aliphatic rings. The van der Waals surface area contributed by atoms with E-state index >= 15 is 0 Å². The molecule has 1 saturated heterocycles. The minimum absolute atomic E-state index is 0.0112. The summed E-state index contributed by atoms with van der Waals surface area (Å²) in [4.78, 5) is 17.9. The SMILES string of the molecule is C[C@H]1C[C@@H]1CN(CCCC(=O)O)c1cc(-c2nnc([C@@H]3NCCC[C@@H]3c3ccccc3)o2)c(Cl)c(N(C)S(C)(=O)=O)n1. The summed E-state index contributed by atoms with van der Waals surface area (Å²) in [6.45, 7) is 4.09. The van der Waals surface area contributed by atoms with E-state index in [0.29, 0.717) is 48.6 Å². The number of carboxylic acids is 1. The molecule has 3 heterocycles. The maximum absolute atomic E-state index is 12.6. The highest BCUT2D eigenvalue weighted by molar-refractivity contribution is 7.92. The molecule has 2 N–H and O–H groups in total. The number of carboxylic acid groups (broad SMARTS) is 1. The minimum Gasteiger partial charge on any atom is -0.481 e. The lowest BCUT2D eigenvalue weighted by molar-refractivity contribution is -0.137. The van der Waals surface area contributed by atoms with Crippen molar-refractivity contribution in [1.82, 2.24) is 20.5 Å². The zero-order valence-electron chi connectivity index (χ0n) is 24.0. The quantitative estimate of drug-likeness (QED) is 0.294. The lowest BCUT2D eigenvalue weighted by Crippen LogP contribution is -2.33. The van der Waals surface area contributed by atoms with Crippen molar-refractivity contribution in [2.24, 2.45) is 11.8 Å². The summed E-state index contributed by atoms with van der Waals surface area (Å²) >= 11 is 6.82. The predicted octanol–water partition coefficient (Wildman–Crippen LogP) is 4.72. The van der Waals surface area contributed by atoms with E-state index in [9.17, 15) is 18.3 Å². The van der Waals surface area contributed by atoms with Crippen LogP contribution in [0.1, 0.15) is 62.4 Å². The molecule has 0 bridgehead atoms. The molecule has 4 atom stereocenters. The van der Waals surface area contributed by atoms with Crippen molar-refractivity contribution in [3.05, 3.63) is 52.9 Å². The molecule has 13 heteroatoms. The van der Waals surface area contributed by atoms with Gasteiger partial charge in [0.05, 0.1) is 22.9 Å². The molecular formula is C29H37ClN6O5S. The first-order chi connectivity index (χ1) is 20.0. The van der Waals surface area contributed by atoms with E-state index in [1.807, 2.05) is 23.1 Å². The van der Waals surface area contributed by atoms with Gasteiger partial charge < -0.3 is 19.7 Å². The maximum Gasteiger partial charge on any atom is 0.303 e. The number of nitrogens with zero attached hydrogens (tertiary/aromatic N) is 5. The third kappa shape index (κ3) is 6.87. The second-order valence-electron chi connectivity index (χ2n) is 11.3. The maximum atomic E-state index is 12.6. The van der Waals surface area contributed by atoms with Crippen molar-refractivity contribution in [1.29, 1.82) is 0 Å². The number of piperidine rings is 1. The Morgan fingerprint density at radius 3 is 2.64 bits per heavy atom. The van der Waals surface area contributed by atoms with Crippen LogP contribution < -0.4 is 14.5 Å². The summed E-state index contributed by atoms with van der Waals surface area (Å²) in [5.41, 5.74) is 1.55. The number of aromatic nitrogens is 3. The van der Waals surface area contributed by atoms with E-state index in [4.69, 9.17) is 16.0 Å². The molecular weight excluding hydrogens is 580 g/mol. The van der Waals surface area contributed by atoms with E-state index in [2.05, 4.69) is 39.6 Å². The molecule has 2 fully saturated rings. The molecule has 42 heavy (non-hydrogen) atoms. The zero-order valence-corrected chi connectivity index (χ0v) is 25.6. The molecule has 0 unspecified atom stereocenters. The summed E-state index contributed by atoms with van der Waals surface area (Å²) < 4.78 is 32.4. The van der Waals surface area contributed by atoms with Crippen molar-refractivity contribution in [3.63, 3.8) is 0 Å². The molecule has 1 aromatic carbocycles. The molecule has 2 aromatic heterocycles. The number of carbonyl (C=O) groups is 1. The summed E-state index contributed by atoms with van der Waals surface area (Å²) in [5.74, 6) is 1.36. The molecule has 1 aliphatic carbocycles. The number of aliphatic carboxylic acids is 1. The second kappa shape index (κ2) is 12.6. The van der Waals surface area contributed by atoms with Gasteiger partial charge in [-0.15, -0.1) is 10.2 Å². The number of hydrogen-bond donors (Lipinski definition) is 2.